The van der Waals surface area contributed by atoms with Crippen molar-refractivity contribution in [3.63, 3.8) is 0 Å². The number of nitrogens with zero attached hydrogens (tertiary/aromatic N) is 1. The van der Waals surface area contributed by atoms with Gasteiger partial charge in [0.15, 0.2) is 0 Å². The fraction of sp³-hybridized carbons (Fsp3) is 0.364. The van der Waals surface area contributed by atoms with Crippen LogP contribution in [0.4, 0.5) is 0 Å². The van der Waals surface area contributed by atoms with Gasteiger partial charge in [-0.1, -0.05) is 0 Å². The summed E-state index contributed by atoms with van der Waals surface area (Å²) in [6, 6.07) is 4.65. The molecular weight excluding hydrogens is 304 g/mol. The maximum atomic E-state index is 4.65. The van der Waals surface area contributed by atoms with Crippen LogP contribution in [0.15, 0.2) is 21.3 Å². The van der Waals surface area contributed by atoms with Crippen molar-refractivity contribution in [3.05, 3.63) is 27.0 Å². The van der Waals surface area contributed by atoms with E-state index < -0.39 is 0 Å². The molecule has 0 spiro atoms. The highest BCUT2D eigenvalue weighted by atomic mass is 79.9. The highest BCUT2D eigenvalue weighted by Gasteiger charge is 2.08. The third kappa shape index (κ3) is 2.91. The first-order chi connectivity index (χ1) is 7.69. The fourth-order valence-corrected chi connectivity index (χ4v) is 3.65. The first kappa shape index (κ1) is 12.2. The van der Waals surface area contributed by atoms with Gasteiger partial charge < -0.3 is 5.32 Å². The van der Waals surface area contributed by atoms with Crippen molar-refractivity contribution in [2.75, 3.05) is 7.05 Å². The van der Waals surface area contributed by atoms with E-state index in [1.165, 1.54) is 10.6 Å². The van der Waals surface area contributed by atoms with Crippen LogP contribution in [0.1, 0.15) is 12.6 Å². The third-order valence-electron chi connectivity index (χ3n) is 2.34. The van der Waals surface area contributed by atoms with Crippen molar-refractivity contribution in [2.45, 2.75) is 19.4 Å². The number of nitrogens with one attached hydrogen (secondary N) is 1. The molecule has 0 saturated carbocycles. The van der Waals surface area contributed by atoms with Gasteiger partial charge in [0.1, 0.15) is 5.01 Å². The molecule has 0 aliphatic rings. The molecular formula is C11H13BrN2S2. The van der Waals surface area contributed by atoms with Crippen LogP contribution in [0.5, 0.6) is 0 Å². The Balaban J connectivity index is 2.13. The summed E-state index contributed by atoms with van der Waals surface area (Å²) in [5.74, 6) is 0. The Kier molecular flexibility index (Phi) is 4.13. The molecule has 0 aliphatic heterocycles. The number of hydrogen-bond acceptors (Lipinski definition) is 4. The minimum absolute atomic E-state index is 0.477. The fourth-order valence-electron chi connectivity index (χ4n) is 1.36. The molecule has 0 amide bonds. The summed E-state index contributed by atoms with van der Waals surface area (Å²) in [6.45, 7) is 2.17. The first-order valence-corrected chi connectivity index (χ1v) is 7.55. The second-order valence-corrected chi connectivity index (χ2v) is 6.96. The molecule has 1 N–H and O–H groups in total. The van der Waals surface area contributed by atoms with Gasteiger partial charge in [0.25, 0.3) is 0 Å². The predicted molar refractivity (Wildman–Crippen MR) is 75.4 cm³/mol. The van der Waals surface area contributed by atoms with Crippen LogP contribution in [0.2, 0.25) is 0 Å². The molecule has 1 unspecified atom stereocenters. The van der Waals surface area contributed by atoms with E-state index in [0.29, 0.717) is 6.04 Å². The lowest BCUT2D eigenvalue weighted by Crippen LogP contribution is -2.23. The molecule has 0 fully saturated rings. The van der Waals surface area contributed by atoms with Crippen molar-refractivity contribution in [3.8, 4) is 9.88 Å². The second kappa shape index (κ2) is 5.40. The molecule has 0 aliphatic carbocycles. The van der Waals surface area contributed by atoms with Gasteiger partial charge in [0, 0.05) is 17.8 Å². The lowest BCUT2D eigenvalue weighted by molar-refractivity contribution is 0.602. The maximum Gasteiger partial charge on any atom is 0.133 e. The largest absolute Gasteiger partial charge is 0.317 e. The average Bonchev–Trinajstić information content (AvgIpc) is 2.87. The molecule has 0 radical (unpaired) electrons. The standard InChI is InChI=1S/C11H13BrN2S2/c1-7(13-2)5-8-6-15-11(14-8)9-3-4-10(12)16-9/h3-4,6-7,13H,5H2,1-2H3. The Morgan fingerprint density at radius 1 is 1.50 bits per heavy atom. The Morgan fingerprint density at radius 2 is 2.31 bits per heavy atom. The van der Waals surface area contributed by atoms with Crippen LogP contribution in [-0.4, -0.2) is 18.1 Å². The van der Waals surface area contributed by atoms with Gasteiger partial charge in [0.2, 0.25) is 0 Å². The molecule has 2 heterocycles. The van der Waals surface area contributed by atoms with Crippen LogP contribution in [0.3, 0.4) is 0 Å². The average molecular weight is 317 g/mol. The van der Waals surface area contributed by atoms with Crippen LogP contribution in [0.25, 0.3) is 9.88 Å². The third-order valence-corrected chi connectivity index (χ3v) is 5.03. The summed E-state index contributed by atoms with van der Waals surface area (Å²) >= 11 is 6.92. The normalized spacial score (nSPS) is 12.9. The molecule has 5 heteroatoms. The van der Waals surface area contributed by atoms with E-state index in [2.05, 4.69) is 50.7 Å². The summed E-state index contributed by atoms with van der Waals surface area (Å²) in [6.07, 6.45) is 0.986. The molecule has 86 valence electrons. The van der Waals surface area contributed by atoms with E-state index in [9.17, 15) is 0 Å². The number of hydrogen-bond donors (Lipinski definition) is 1. The highest BCUT2D eigenvalue weighted by molar-refractivity contribution is 9.11. The monoisotopic (exact) mass is 316 g/mol. The first-order valence-electron chi connectivity index (χ1n) is 5.06. The number of thiophene rings is 1. The van der Waals surface area contributed by atoms with Crippen LogP contribution >= 0.6 is 38.6 Å². The zero-order valence-corrected chi connectivity index (χ0v) is 12.4. The lowest BCUT2D eigenvalue weighted by Gasteiger charge is -2.06. The highest BCUT2D eigenvalue weighted by Crippen LogP contribution is 2.33. The van der Waals surface area contributed by atoms with E-state index >= 15 is 0 Å². The zero-order chi connectivity index (χ0) is 11.5. The van der Waals surface area contributed by atoms with E-state index in [-0.39, 0.29) is 0 Å². The molecule has 2 rings (SSSR count). The molecule has 2 aromatic heterocycles. The van der Waals surface area contributed by atoms with Crippen LogP contribution in [0, 0.1) is 0 Å². The van der Waals surface area contributed by atoms with Gasteiger partial charge >= 0.3 is 0 Å². The summed E-state index contributed by atoms with van der Waals surface area (Å²) in [7, 11) is 1.98. The SMILES string of the molecule is CNC(C)Cc1csc(-c2ccc(Br)s2)n1. The van der Waals surface area contributed by atoms with Gasteiger partial charge in [-0.3, -0.25) is 0 Å². The second-order valence-electron chi connectivity index (χ2n) is 3.64. The topological polar surface area (TPSA) is 24.9 Å². The summed E-state index contributed by atoms with van der Waals surface area (Å²) in [4.78, 5) is 5.89. The van der Waals surface area contributed by atoms with Crippen molar-refractivity contribution in [2.24, 2.45) is 0 Å². The lowest BCUT2D eigenvalue weighted by atomic mass is 10.2. The van der Waals surface area contributed by atoms with Crippen molar-refractivity contribution in [1.29, 1.82) is 0 Å². The Bertz CT molecular complexity index is 464. The summed E-state index contributed by atoms with van der Waals surface area (Å²) in [5.41, 5.74) is 1.17. The number of halogens is 1. The number of rotatable bonds is 4. The Labute approximate surface area is 112 Å². The Morgan fingerprint density at radius 3 is 2.94 bits per heavy atom. The molecule has 0 bridgehead atoms. The number of aromatic nitrogens is 1. The minimum atomic E-state index is 0.477. The molecule has 2 aromatic rings. The molecule has 16 heavy (non-hydrogen) atoms. The molecule has 0 saturated heterocycles. The molecule has 0 aromatic carbocycles. The van der Waals surface area contributed by atoms with E-state index in [0.717, 1.165) is 15.2 Å². The van der Waals surface area contributed by atoms with E-state index in [4.69, 9.17) is 0 Å². The van der Waals surface area contributed by atoms with Gasteiger partial charge in [-0.15, -0.1) is 22.7 Å². The minimum Gasteiger partial charge on any atom is -0.317 e. The quantitative estimate of drug-likeness (QED) is 0.928. The smallest absolute Gasteiger partial charge is 0.133 e. The van der Waals surface area contributed by atoms with Gasteiger partial charge in [-0.05, 0) is 42.0 Å². The predicted octanol–water partition coefficient (Wildman–Crippen LogP) is 3.78. The molecule has 2 nitrogen and oxygen atoms in total. The summed E-state index contributed by atoms with van der Waals surface area (Å²) in [5, 5.41) is 6.50. The van der Waals surface area contributed by atoms with E-state index in [1.807, 2.05) is 7.05 Å². The maximum absolute atomic E-state index is 4.65. The Hall–Kier alpha value is -0.230. The number of thiazole rings is 1. The number of likely N-dealkylation sites (N-methyl/N-ethyl adjacent to an activating group) is 1. The van der Waals surface area contributed by atoms with Crippen molar-refractivity contribution >= 4 is 38.6 Å². The van der Waals surface area contributed by atoms with E-state index in [1.54, 1.807) is 22.7 Å². The molecule has 1 atom stereocenters. The van der Waals surface area contributed by atoms with Crippen molar-refractivity contribution in [1.82, 2.24) is 10.3 Å². The van der Waals surface area contributed by atoms with Crippen LogP contribution < -0.4 is 5.32 Å². The van der Waals surface area contributed by atoms with Crippen molar-refractivity contribution < 1.29 is 0 Å². The van der Waals surface area contributed by atoms with Gasteiger partial charge in [0.05, 0.1) is 14.4 Å². The van der Waals surface area contributed by atoms with Crippen LogP contribution in [-0.2, 0) is 6.42 Å². The van der Waals surface area contributed by atoms with Gasteiger partial charge in [-0.2, -0.15) is 0 Å². The summed E-state index contributed by atoms with van der Waals surface area (Å²) < 4.78 is 1.16. The zero-order valence-electron chi connectivity index (χ0n) is 9.16. The van der Waals surface area contributed by atoms with Gasteiger partial charge in [-0.25, -0.2) is 4.98 Å².